The maximum atomic E-state index is 10.3. The van der Waals surface area contributed by atoms with Crippen molar-refractivity contribution in [3.8, 4) is 0 Å². The van der Waals surface area contributed by atoms with Crippen LogP contribution in [0.2, 0.25) is 0 Å². The summed E-state index contributed by atoms with van der Waals surface area (Å²) in [6, 6.07) is 9.96. The fourth-order valence-corrected chi connectivity index (χ4v) is 1.35. The minimum absolute atomic E-state index is 0.322. The summed E-state index contributed by atoms with van der Waals surface area (Å²) >= 11 is 0. The van der Waals surface area contributed by atoms with Crippen LogP contribution in [0.4, 0.5) is 0 Å². The van der Waals surface area contributed by atoms with Crippen LogP contribution in [-0.2, 0) is 11.1 Å². The fourth-order valence-electron chi connectivity index (χ4n) is 1.00. The van der Waals surface area contributed by atoms with Gasteiger partial charge in [-0.3, -0.25) is 0 Å². The second-order valence-corrected chi connectivity index (χ2v) is 3.89. The number of rotatable bonds is 5. The SMILES string of the molecule is O=[P+](O)CCNCc1ccccc1. The molecule has 0 aromatic heterocycles. The quantitative estimate of drug-likeness (QED) is 0.557. The minimum Gasteiger partial charge on any atom is -0.308 e. The predicted molar refractivity (Wildman–Crippen MR) is 52.8 cm³/mol. The highest BCUT2D eigenvalue weighted by Crippen LogP contribution is 2.09. The number of hydrogen-bond acceptors (Lipinski definition) is 2. The van der Waals surface area contributed by atoms with Crippen molar-refractivity contribution in [2.45, 2.75) is 6.54 Å². The molecular weight excluding hydrogens is 185 g/mol. The molecule has 1 atom stereocenters. The van der Waals surface area contributed by atoms with E-state index in [-0.39, 0.29) is 0 Å². The van der Waals surface area contributed by atoms with Gasteiger partial charge in [-0.15, -0.1) is 0 Å². The second kappa shape index (κ2) is 5.81. The van der Waals surface area contributed by atoms with E-state index in [1.165, 1.54) is 5.56 Å². The molecule has 1 aromatic carbocycles. The van der Waals surface area contributed by atoms with E-state index in [4.69, 9.17) is 4.89 Å². The molecule has 0 saturated heterocycles. The number of hydrogen-bond donors (Lipinski definition) is 2. The van der Waals surface area contributed by atoms with Crippen LogP contribution in [0.5, 0.6) is 0 Å². The summed E-state index contributed by atoms with van der Waals surface area (Å²) < 4.78 is 10.3. The first-order valence-electron chi connectivity index (χ1n) is 4.17. The Morgan fingerprint density at radius 2 is 2.00 bits per heavy atom. The van der Waals surface area contributed by atoms with Crippen molar-refractivity contribution in [1.29, 1.82) is 0 Å². The lowest BCUT2D eigenvalue weighted by Gasteiger charge is -1.99. The monoisotopic (exact) mass is 198 g/mol. The van der Waals surface area contributed by atoms with Gasteiger partial charge in [0.25, 0.3) is 0 Å². The van der Waals surface area contributed by atoms with E-state index in [2.05, 4.69) is 5.32 Å². The Bertz CT molecular complexity index is 264. The van der Waals surface area contributed by atoms with Crippen LogP contribution in [0.1, 0.15) is 5.56 Å². The molecule has 4 heteroatoms. The second-order valence-electron chi connectivity index (χ2n) is 2.74. The Hall–Kier alpha value is -0.760. The Morgan fingerprint density at radius 1 is 1.31 bits per heavy atom. The van der Waals surface area contributed by atoms with Gasteiger partial charge in [-0.05, 0) is 10.1 Å². The molecule has 1 rings (SSSR count). The highest BCUT2D eigenvalue weighted by molar-refractivity contribution is 7.38. The lowest BCUT2D eigenvalue weighted by Crippen LogP contribution is -2.16. The summed E-state index contributed by atoms with van der Waals surface area (Å²) in [5, 5.41) is 3.09. The zero-order valence-corrected chi connectivity index (χ0v) is 8.21. The lowest BCUT2D eigenvalue weighted by molar-refractivity contribution is 0.500. The van der Waals surface area contributed by atoms with Crippen molar-refractivity contribution < 1.29 is 9.46 Å². The zero-order chi connectivity index (χ0) is 9.52. The average Bonchev–Trinajstić information content (AvgIpc) is 2.14. The van der Waals surface area contributed by atoms with Gasteiger partial charge < -0.3 is 5.32 Å². The predicted octanol–water partition coefficient (Wildman–Crippen LogP) is 1.51. The molecule has 3 nitrogen and oxygen atoms in total. The minimum atomic E-state index is -1.99. The van der Waals surface area contributed by atoms with Gasteiger partial charge in [-0.1, -0.05) is 30.3 Å². The number of nitrogens with one attached hydrogen (secondary N) is 1. The van der Waals surface area contributed by atoms with Gasteiger partial charge >= 0.3 is 8.03 Å². The molecule has 0 amide bonds. The van der Waals surface area contributed by atoms with E-state index in [9.17, 15) is 4.57 Å². The van der Waals surface area contributed by atoms with Crippen molar-refractivity contribution in [2.24, 2.45) is 0 Å². The molecule has 0 aliphatic rings. The van der Waals surface area contributed by atoms with Gasteiger partial charge in [-0.2, -0.15) is 4.89 Å². The molecule has 1 unspecified atom stereocenters. The molecule has 0 fully saturated rings. The van der Waals surface area contributed by atoms with Crippen molar-refractivity contribution in [2.75, 3.05) is 12.7 Å². The summed E-state index contributed by atoms with van der Waals surface area (Å²) in [7, 11) is -1.99. The van der Waals surface area contributed by atoms with E-state index in [1.807, 2.05) is 30.3 Å². The molecule has 0 radical (unpaired) electrons. The summed E-state index contributed by atoms with van der Waals surface area (Å²) in [6.07, 6.45) is 0.322. The van der Waals surface area contributed by atoms with Crippen molar-refractivity contribution in [3.05, 3.63) is 35.9 Å². The van der Waals surface area contributed by atoms with E-state index < -0.39 is 8.03 Å². The third-order valence-electron chi connectivity index (χ3n) is 1.65. The molecule has 0 bridgehead atoms. The fraction of sp³-hybridized carbons (Fsp3) is 0.333. The van der Waals surface area contributed by atoms with E-state index in [1.54, 1.807) is 0 Å². The summed E-state index contributed by atoms with van der Waals surface area (Å²) in [5.41, 5.74) is 1.19. The Labute approximate surface area is 78.7 Å². The van der Waals surface area contributed by atoms with Crippen LogP contribution in [0.15, 0.2) is 30.3 Å². The van der Waals surface area contributed by atoms with Gasteiger partial charge in [-0.25, -0.2) is 0 Å². The average molecular weight is 198 g/mol. The van der Waals surface area contributed by atoms with E-state index >= 15 is 0 Å². The molecule has 70 valence electrons. The molecule has 0 spiro atoms. The molecule has 0 aliphatic carbocycles. The van der Waals surface area contributed by atoms with Crippen molar-refractivity contribution in [3.63, 3.8) is 0 Å². The largest absolute Gasteiger partial charge is 0.506 e. The van der Waals surface area contributed by atoms with E-state index in [0.29, 0.717) is 12.7 Å². The van der Waals surface area contributed by atoms with Crippen LogP contribution >= 0.6 is 8.03 Å². The topological polar surface area (TPSA) is 49.3 Å². The molecule has 0 aliphatic heterocycles. The standard InChI is InChI=1S/C9H12NO2P/c11-13(12)7-6-10-8-9-4-2-1-3-5-9/h1-5,10H,6-8H2/p+1. The van der Waals surface area contributed by atoms with Crippen LogP contribution in [0.25, 0.3) is 0 Å². The zero-order valence-electron chi connectivity index (χ0n) is 7.31. The van der Waals surface area contributed by atoms with Crippen LogP contribution in [0, 0.1) is 0 Å². The Morgan fingerprint density at radius 3 is 2.62 bits per heavy atom. The van der Waals surface area contributed by atoms with Crippen molar-refractivity contribution >= 4 is 8.03 Å². The first-order valence-corrected chi connectivity index (χ1v) is 5.57. The van der Waals surface area contributed by atoms with Gasteiger partial charge in [0.05, 0.1) is 0 Å². The molecule has 0 heterocycles. The van der Waals surface area contributed by atoms with Gasteiger partial charge in [0.2, 0.25) is 0 Å². The normalized spacial score (nSPS) is 11.3. The van der Waals surface area contributed by atoms with Gasteiger partial charge in [0.15, 0.2) is 6.16 Å². The Balaban J connectivity index is 2.17. The maximum absolute atomic E-state index is 10.3. The third-order valence-corrected chi connectivity index (χ3v) is 2.26. The molecule has 2 N–H and O–H groups in total. The van der Waals surface area contributed by atoms with E-state index in [0.717, 1.165) is 6.54 Å². The lowest BCUT2D eigenvalue weighted by atomic mass is 10.2. The van der Waals surface area contributed by atoms with Gasteiger partial charge in [0, 0.05) is 13.1 Å². The highest BCUT2D eigenvalue weighted by Gasteiger charge is 2.07. The smallest absolute Gasteiger partial charge is 0.308 e. The third kappa shape index (κ3) is 4.73. The summed E-state index contributed by atoms with van der Waals surface area (Å²) in [4.78, 5) is 8.52. The summed E-state index contributed by atoms with van der Waals surface area (Å²) in [5.74, 6) is 0. The van der Waals surface area contributed by atoms with Gasteiger partial charge in [0.1, 0.15) is 0 Å². The molecular formula is C9H13NO2P+. The molecule has 1 aromatic rings. The van der Waals surface area contributed by atoms with Crippen LogP contribution < -0.4 is 5.32 Å². The molecule has 13 heavy (non-hydrogen) atoms. The van der Waals surface area contributed by atoms with Crippen LogP contribution in [0.3, 0.4) is 0 Å². The first-order chi connectivity index (χ1) is 6.29. The molecule has 0 saturated carbocycles. The first kappa shape index (κ1) is 10.3. The highest BCUT2D eigenvalue weighted by atomic mass is 31.1. The maximum Gasteiger partial charge on any atom is 0.506 e. The summed E-state index contributed by atoms with van der Waals surface area (Å²) in [6.45, 7) is 1.34. The number of benzene rings is 1. The van der Waals surface area contributed by atoms with Crippen LogP contribution in [-0.4, -0.2) is 17.6 Å². The van der Waals surface area contributed by atoms with Crippen molar-refractivity contribution in [1.82, 2.24) is 5.32 Å². The Kier molecular flexibility index (Phi) is 4.61.